The second-order valence-electron chi connectivity index (χ2n) is 6.68. The van der Waals surface area contributed by atoms with E-state index in [2.05, 4.69) is 10.00 Å². The fraction of sp³-hybridized carbons (Fsp3) is 0.421. The van der Waals surface area contributed by atoms with Gasteiger partial charge >= 0.3 is 0 Å². The van der Waals surface area contributed by atoms with Gasteiger partial charge in [0.25, 0.3) is 0 Å². The molecule has 0 bridgehead atoms. The van der Waals surface area contributed by atoms with E-state index in [0.29, 0.717) is 22.5 Å². The number of aromatic nitrogens is 2. The van der Waals surface area contributed by atoms with Crippen molar-refractivity contribution >= 4 is 23.2 Å². The molecular formula is C19H21Cl2N3O. The van der Waals surface area contributed by atoms with Gasteiger partial charge in [-0.2, -0.15) is 0 Å². The van der Waals surface area contributed by atoms with Crippen molar-refractivity contribution in [3.05, 3.63) is 51.7 Å². The Morgan fingerprint density at radius 1 is 1.00 bits per heavy atom. The number of hydrogen-bond acceptors (Lipinski definition) is 3. The molecule has 2 aromatic rings. The maximum atomic E-state index is 6.07. The number of benzene rings is 1. The van der Waals surface area contributed by atoms with E-state index in [0.717, 1.165) is 18.7 Å². The van der Waals surface area contributed by atoms with Crippen LogP contribution >= 0.6 is 23.2 Å². The first-order chi connectivity index (χ1) is 12.2. The number of halogens is 2. The van der Waals surface area contributed by atoms with E-state index in [1.54, 1.807) is 22.4 Å². The molecule has 6 heteroatoms. The van der Waals surface area contributed by atoms with E-state index in [1.807, 2.05) is 18.3 Å². The molecule has 132 valence electrons. The zero-order valence-electron chi connectivity index (χ0n) is 14.0. The van der Waals surface area contributed by atoms with E-state index in [4.69, 9.17) is 27.9 Å². The molecule has 1 aromatic carbocycles. The van der Waals surface area contributed by atoms with Crippen molar-refractivity contribution in [1.82, 2.24) is 14.7 Å². The summed E-state index contributed by atoms with van der Waals surface area (Å²) >= 11 is 12.0. The summed E-state index contributed by atoms with van der Waals surface area (Å²) in [7, 11) is 0. The number of ether oxygens (including phenoxy) is 1. The first-order valence-electron chi connectivity index (χ1n) is 8.75. The van der Waals surface area contributed by atoms with Crippen LogP contribution in [0.5, 0.6) is 5.88 Å². The molecular weight excluding hydrogens is 357 g/mol. The molecule has 1 aromatic heterocycles. The molecule has 1 fully saturated rings. The lowest BCUT2D eigenvalue weighted by Crippen LogP contribution is -2.26. The Balaban J connectivity index is 1.37. The molecule has 1 aliphatic heterocycles. The summed E-state index contributed by atoms with van der Waals surface area (Å²) in [5, 5.41) is 5.53. The van der Waals surface area contributed by atoms with Gasteiger partial charge in [0.1, 0.15) is 6.61 Å². The van der Waals surface area contributed by atoms with E-state index in [1.165, 1.54) is 37.9 Å². The van der Waals surface area contributed by atoms with Crippen molar-refractivity contribution < 1.29 is 4.74 Å². The van der Waals surface area contributed by atoms with E-state index in [9.17, 15) is 0 Å². The highest BCUT2D eigenvalue weighted by molar-refractivity contribution is 6.42. The zero-order valence-corrected chi connectivity index (χ0v) is 15.6. The molecule has 25 heavy (non-hydrogen) atoms. The lowest BCUT2D eigenvalue weighted by Gasteiger charge is -2.27. The molecule has 0 unspecified atom stereocenters. The van der Waals surface area contributed by atoms with Crippen molar-refractivity contribution in [2.45, 2.75) is 25.7 Å². The molecule has 4 nitrogen and oxygen atoms in total. The van der Waals surface area contributed by atoms with Gasteiger partial charge in [0.05, 0.1) is 15.7 Å². The van der Waals surface area contributed by atoms with Gasteiger partial charge in [0.15, 0.2) is 0 Å². The predicted molar refractivity (Wildman–Crippen MR) is 101 cm³/mol. The summed E-state index contributed by atoms with van der Waals surface area (Å²) < 4.78 is 7.64. The number of nitrogens with zero attached hydrogens (tertiary/aromatic N) is 3. The van der Waals surface area contributed by atoms with Crippen LogP contribution in [0.4, 0.5) is 0 Å². The van der Waals surface area contributed by atoms with E-state index in [-0.39, 0.29) is 0 Å². The van der Waals surface area contributed by atoms with Crippen LogP contribution in [-0.2, 0) is 0 Å². The fourth-order valence-electron chi connectivity index (χ4n) is 3.37. The van der Waals surface area contributed by atoms with Crippen LogP contribution in [0.3, 0.4) is 0 Å². The molecule has 1 saturated heterocycles. The third-order valence-corrected chi connectivity index (χ3v) is 5.71. The summed E-state index contributed by atoms with van der Waals surface area (Å²) in [5.41, 5.74) is 3.86. The van der Waals surface area contributed by atoms with Crippen LogP contribution in [0.2, 0.25) is 10.0 Å². The van der Waals surface area contributed by atoms with Crippen molar-refractivity contribution in [2.75, 3.05) is 26.2 Å². The van der Waals surface area contributed by atoms with Gasteiger partial charge < -0.3 is 4.74 Å². The third-order valence-electron chi connectivity index (χ3n) is 4.97. The normalized spacial score (nSPS) is 17.8. The number of rotatable bonds is 6. The van der Waals surface area contributed by atoms with Gasteiger partial charge in [0.2, 0.25) is 5.88 Å². The lowest BCUT2D eigenvalue weighted by molar-refractivity contribution is 0.312. The van der Waals surface area contributed by atoms with Gasteiger partial charge in [-0.15, -0.1) is 5.10 Å². The summed E-state index contributed by atoms with van der Waals surface area (Å²) in [5.74, 6) is 0.631. The fourth-order valence-corrected chi connectivity index (χ4v) is 3.66. The third kappa shape index (κ3) is 3.86. The first-order valence-corrected chi connectivity index (χ1v) is 9.51. The molecule has 2 heterocycles. The molecule has 0 amide bonds. The Bertz CT molecular complexity index is 794. The molecule has 4 rings (SSSR count). The average Bonchev–Trinajstić information content (AvgIpc) is 3.26. The maximum Gasteiger partial charge on any atom is 0.233 e. The van der Waals surface area contributed by atoms with Crippen molar-refractivity contribution in [3.63, 3.8) is 0 Å². The molecule has 0 radical (unpaired) electrons. The second kappa shape index (κ2) is 7.40. The van der Waals surface area contributed by atoms with Gasteiger partial charge in [0, 0.05) is 18.8 Å². The highest BCUT2D eigenvalue weighted by atomic mass is 35.5. The highest BCUT2D eigenvalue weighted by Crippen LogP contribution is 2.30. The minimum absolute atomic E-state index is 0.517. The van der Waals surface area contributed by atoms with Crippen molar-refractivity contribution in [2.24, 2.45) is 0 Å². The quantitative estimate of drug-likeness (QED) is 0.680. The summed E-state index contributed by atoms with van der Waals surface area (Å²) in [4.78, 5) is 2.55. The van der Waals surface area contributed by atoms with Crippen LogP contribution in [-0.4, -0.2) is 40.9 Å². The van der Waals surface area contributed by atoms with Crippen LogP contribution in [0.1, 0.15) is 25.7 Å². The van der Waals surface area contributed by atoms with Gasteiger partial charge in [-0.1, -0.05) is 28.8 Å². The average molecular weight is 378 g/mol. The molecule has 2 aliphatic rings. The predicted octanol–water partition coefficient (Wildman–Crippen LogP) is 4.74. The largest absolute Gasteiger partial charge is 0.472 e. The second-order valence-corrected chi connectivity index (χ2v) is 7.49. The van der Waals surface area contributed by atoms with Gasteiger partial charge in [-0.05, 0) is 62.5 Å². The van der Waals surface area contributed by atoms with E-state index < -0.39 is 0 Å². The van der Waals surface area contributed by atoms with Crippen LogP contribution in [0, 0.1) is 0 Å². The van der Waals surface area contributed by atoms with Gasteiger partial charge in [-0.25, -0.2) is 4.68 Å². The lowest BCUT2D eigenvalue weighted by atomic mass is 9.88. The van der Waals surface area contributed by atoms with Crippen molar-refractivity contribution in [3.8, 4) is 11.6 Å². The van der Waals surface area contributed by atoms with Crippen LogP contribution < -0.4 is 4.74 Å². The Hall–Kier alpha value is -1.49. The smallest absolute Gasteiger partial charge is 0.233 e. The molecule has 0 saturated carbocycles. The number of likely N-dealkylation sites (tertiary alicyclic amines) is 1. The Morgan fingerprint density at radius 2 is 1.80 bits per heavy atom. The first kappa shape index (κ1) is 17.0. The maximum absolute atomic E-state index is 6.07. The number of hydrogen-bond donors (Lipinski definition) is 0. The Morgan fingerprint density at radius 3 is 2.52 bits per heavy atom. The molecule has 0 N–H and O–H groups in total. The topological polar surface area (TPSA) is 30.3 Å². The molecule has 1 aliphatic carbocycles. The summed E-state index contributed by atoms with van der Waals surface area (Å²) in [6.07, 6.45) is 6.91. The Labute approximate surface area is 158 Å². The highest BCUT2D eigenvalue weighted by Gasteiger charge is 2.21. The zero-order chi connectivity index (χ0) is 17.2. The minimum atomic E-state index is 0.517. The molecule has 0 atom stereocenters. The van der Waals surface area contributed by atoms with Crippen LogP contribution in [0.15, 0.2) is 41.6 Å². The van der Waals surface area contributed by atoms with Gasteiger partial charge in [-0.3, -0.25) is 4.90 Å². The summed E-state index contributed by atoms with van der Waals surface area (Å²) in [6.45, 7) is 4.25. The van der Waals surface area contributed by atoms with Crippen LogP contribution in [0.25, 0.3) is 5.69 Å². The summed E-state index contributed by atoms with van der Waals surface area (Å²) in [6, 6.07) is 7.32. The van der Waals surface area contributed by atoms with E-state index >= 15 is 0 Å². The SMILES string of the molecule is Clc1ccc(-n2ccc(OCC3=C(CN4CCCC4)CC3)n2)cc1Cl. The molecule has 0 spiro atoms. The Kier molecular flexibility index (Phi) is 5.02. The minimum Gasteiger partial charge on any atom is -0.472 e. The van der Waals surface area contributed by atoms with Crippen molar-refractivity contribution in [1.29, 1.82) is 0 Å². The monoisotopic (exact) mass is 377 g/mol. The standard InChI is InChI=1S/C19H21Cl2N3O/c20-17-6-5-16(11-18(17)21)24-10-7-19(22-24)25-13-15-4-3-14(15)12-23-8-1-2-9-23/h5-7,10-11H,1-4,8-9,12-13H2.